The lowest BCUT2D eigenvalue weighted by atomic mass is 10.1. The van der Waals surface area contributed by atoms with Gasteiger partial charge in [-0.15, -0.1) is 0 Å². The van der Waals surface area contributed by atoms with Crippen molar-refractivity contribution in [2.24, 2.45) is 0 Å². The van der Waals surface area contributed by atoms with E-state index >= 15 is 0 Å². The van der Waals surface area contributed by atoms with Gasteiger partial charge in [-0.05, 0) is 18.1 Å². The molecule has 0 aliphatic heterocycles. The first-order chi connectivity index (χ1) is 11.4. The topological polar surface area (TPSA) is 125 Å². The van der Waals surface area contributed by atoms with Gasteiger partial charge >= 0.3 is 6.09 Å². The Morgan fingerprint density at radius 3 is 2.12 bits per heavy atom. The van der Waals surface area contributed by atoms with Gasteiger partial charge in [0.25, 0.3) is 11.4 Å². The van der Waals surface area contributed by atoms with Crippen LogP contribution in [-0.4, -0.2) is 15.9 Å². The van der Waals surface area contributed by atoms with Crippen molar-refractivity contribution in [1.82, 2.24) is 0 Å². The fourth-order valence-electron chi connectivity index (χ4n) is 2.03. The maximum atomic E-state index is 11.8. The molecule has 1 N–H and O–H groups in total. The van der Waals surface area contributed by atoms with Crippen LogP contribution < -0.4 is 5.32 Å². The van der Waals surface area contributed by atoms with Crippen LogP contribution in [0.3, 0.4) is 0 Å². The highest BCUT2D eigenvalue weighted by Crippen LogP contribution is 2.35. The number of carbonyl (C=O) groups excluding carboxylic acids is 1. The predicted molar refractivity (Wildman–Crippen MR) is 84.7 cm³/mol. The third kappa shape index (κ3) is 4.03. The smallest absolute Gasteiger partial charge is 0.412 e. The molecule has 124 valence electrons. The summed E-state index contributed by atoms with van der Waals surface area (Å²) in [5.74, 6) is 0. The predicted octanol–water partition coefficient (Wildman–Crippen LogP) is 3.56. The lowest BCUT2D eigenvalue weighted by molar-refractivity contribution is -0.392. The lowest BCUT2D eigenvalue weighted by Gasteiger charge is -2.08. The van der Waals surface area contributed by atoms with E-state index in [2.05, 4.69) is 5.32 Å². The molecule has 24 heavy (non-hydrogen) atoms. The number of rotatable bonds is 5. The number of anilines is 1. The SMILES string of the molecule is Cc1cc([N+](=O)[O-])c(NC(=O)OCc2ccccc2)c([N+](=O)[O-])c1. The van der Waals surface area contributed by atoms with Gasteiger partial charge in [0.1, 0.15) is 6.61 Å². The molecular formula is C15H13N3O6. The molecule has 0 aromatic heterocycles. The quantitative estimate of drug-likeness (QED) is 0.659. The van der Waals surface area contributed by atoms with Crippen LogP contribution in [0.1, 0.15) is 11.1 Å². The number of nitrogens with one attached hydrogen (secondary N) is 1. The maximum absolute atomic E-state index is 11.8. The average Bonchev–Trinajstić information content (AvgIpc) is 2.54. The van der Waals surface area contributed by atoms with Crippen molar-refractivity contribution in [2.45, 2.75) is 13.5 Å². The number of carbonyl (C=O) groups is 1. The molecular weight excluding hydrogens is 318 g/mol. The van der Waals surface area contributed by atoms with E-state index in [1.807, 2.05) is 0 Å². The molecule has 0 bridgehead atoms. The van der Waals surface area contributed by atoms with Gasteiger partial charge in [0.15, 0.2) is 0 Å². The number of ether oxygens (including phenoxy) is 1. The number of nitrogens with zero attached hydrogens (tertiary/aromatic N) is 2. The minimum atomic E-state index is -1.02. The summed E-state index contributed by atoms with van der Waals surface area (Å²) in [7, 11) is 0. The summed E-state index contributed by atoms with van der Waals surface area (Å²) in [5, 5.41) is 24.3. The van der Waals surface area contributed by atoms with Gasteiger partial charge in [-0.2, -0.15) is 0 Å². The summed E-state index contributed by atoms with van der Waals surface area (Å²) in [6.45, 7) is 1.41. The first-order valence-electron chi connectivity index (χ1n) is 6.79. The molecule has 0 fully saturated rings. The number of hydrogen-bond donors (Lipinski definition) is 1. The van der Waals surface area contributed by atoms with Crippen LogP contribution >= 0.6 is 0 Å². The zero-order valence-corrected chi connectivity index (χ0v) is 12.6. The summed E-state index contributed by atoms with van der Waals surface area (Å²) in [4.78, 5) is 32.4. The largest absolute Gasteiger partial charge is 0.444 e. The number of nitro groups is 2. The summed E-state index contributed by atoms with van der Waals surface area (Å²) in [5.41, 5.74) is -0.609. The van der Waals surface area contributed by atoms with Crippen molar-refractivity contribution in [3.8, 4) is 0 Å². The molecule has 0 heterocycles. The molecule has 0 aliphatic carbocycles. The monoisotopic (exact) mass is 331 g/mol. The summed E-state index contributed by atoms with van der Waals surface area (Å²) >= 11 is 0. The van der Waals surface area contributed by atoms with E-state index in [9.17, 15) is 25.0 Å². The molecule has 2 aromatic carbocycles. The Bertz CT molecular complexity index is 756. The van der Waals surface area contributed by atoms with Gasteiger partial charge in [-0.3, -0.25) is 25.5 Å². The highest BCUT2D eigenvalue weighted by molar-refractivity contribution is 5.92. The van der Waals surface area contributed by atoms with Crippen molar-refractivity contribution in [3.05, 3.63) is 73.8 Å². The lowest BCUT2D eigenvalue weighted by Crippen LogP contribution is -2.16. The highest BCUT2D eigenvalue weighted by atomic mass is 16.6. The van der Waals surface area contributed by atoms with Gasteiger partial charge in [-0.1, -0.05) is 30.3 Å². The molecule has 2 aromatic rings. The van der Waals surface area contributed by atoms with Crippen molar-refractivity contribution in [1.29, 1.82) is 0 Å². The second-order valence-electron chi connectivity index (χ2n) is 4.88. The van der Waals surface area contributed by atoms with Crippen molar-refractivity contribution < 1.29 is 19.4 Å². The van der Waals surface area contributed by atoms with Crippen LogP contribution in [0.25, 0.3) is 0 Å². The minimum absolute atomic E-state index is 0.0693. The Labute approximate surface area is 136 Å². The van der Waals surface area contributed by atoms with E-state index in [0.717, 1.165) is 12.1 Å². The van der Waals surface area contributed by atoms with E-state index in [1.165, 1.54) is 6.92 Å². The molecule has 0 radical (unpaired) electrons. The Hall–Kier alpha value is -3.49. The molecule has 2 rings (SSSR count). The molecule has 0 saturated heterocycles. The highest BCUT2D eigenvalue weighted by Gasteiger charge is 2.28. The number of hydrogen-bond acceptors (Lipinski definition) is 6. The van der Waals surface area contributed by atoms with Crippen LogP contribution in [0.4, 0.5) is 21.9 Å². The average molecular weight is 331 g/mol. The van der Waals surface area contributed by atoms with E-state index in [-0.39, 0.29) is 6.61 Å². The van der Waals surface area contributed by atoms with Gasteiger partial charge in [0, 0.05) is 12.1 Å². The van der Waals surface area contributed by atoms with E-state index in [4.69, 9.17) is 4.74 Å². The second-order valence-corrected chi connectivity index (χ2v) is 4.88. The number of benzene rings is 2. The Morgan fingerprint density at radius 2 is 1.62 bits per heavy atom. The van der Waals surface area contributed by atoms with E-state index < -0.39 is 33.0 Å². The van der Waals surface area contributed by atoms with Crippen molar-refractivity contribution in [3.63, 3.8) is 0 Å². The summed E-state index contributed by atoms with van der Waals surface area (Å²) < 4.78 is 4.94. The molecule has 9 heteroatoms. The first-order valence-corrected chi connectivity index (χ1v) is 6.79. The van der Waals surface area contributed by atoms with Crippen LogP contribution in [0.15, 0.2) is 42.5 Å². The standard InChI is InChI=1S/C15H13N3O6/c1-10-7-12(17(20)21)14(13(8-10)18(22)23)16-15(19)24-9-11-5-3-2-4-6-11/h2-8H,9H2,1H3,(H,16,19). The van der Waals surface area contributed by atoms with Gasteiger partial charge in [0.05, 0.1) is 9.85 Å². The number of nitro benzene ring substituents is 2. The Morgan fingerprint density at radius 1 is 1.08 bits per heavy atom. The Balaban J connectivity index is 2.22. The van der Waals surface area contributed by atoms with Crippen LogP contribution in [0.5, 0.6) is 0 Å². The van der Waals surface area contributed by atoms with Crippen LogP contribution in [0.2, 0.25) is 0 Å². The van der Waals surface area contributed by atoms with Crippen LogP contribution in [-0.2, 0) is 11.3 Å². The molecule has 0 aliphatic rings. The fourth-order valence-corrected chi connectivity index (χ4v) is 2.03. The van der Waals surface area contributed by atoms with Gasteiger partial charge in [-0.25, -0.2) is 4.79 Å². The normalized spacial score (nSPS) is 10.0. The van der Waals surface area contributed by atoms with Crippen molar-refractivity contribution >= 4 is 23.2 Å². The number of aryl methyl sites for hydroxylation is 1. The summed E-state index contributed by atoms with van der Waals surface area (Å²) in [6, 6.07) is 11.0. The molecule has 0 saturated carbocycles. The molecule has 0 spiro atoms. The zero-order valence-electron chi connectivity index (χ0n) is 12.6. The fraction of sp³-hybridized carbons (Fsp3) is 0.133. The molecule has 9 nitrogen and oxygen atoms in total. The Kier molecular flexibility index (Phi) is 5.05. The first kappa shape index (κ1) is 16.9. The zero-order chi connectivity index (χ0) is 17.7. The third-order valence-electron chi connectivity index (χ3n) is 3.07. The number of amides is 1. The minimum Gasteiger partial charge on any atom is -0.444 e. The van der Waals surface area contributed by atoms with Crippen molar-refractivity contribution in [2.75, 3.05) is 5.32 Å². The summed E-state index contributed by atoms with van der Waals surface area (Å²) in [6.07, 6.45) is -1.02. The molecule has 0 atom stereocenters. The van der Waals surface area contributed by atoms with Gasteiger partial charge < -0.3 is 4.74 Å². The molecule has 1 amide bonds. The van der Waals surface area contributed by atoms with Crippen LogP contribution in [0, 0.1) is 27.2 Å². The molecule has 0 unspecified atom stereocenters. The van der Waals surface area contributed by atoms with E-state index in [0.29, 0.717) is 11.1 Å². The maximum Gasteiger partial charge on any atom is 0.412 e. The van der Waals surface area contributed by atoms with Gasteiger partial charge in [0.2, 0.25) is 5.69 Å². The third-order valence-corrected chi connectivity index (χ3v) is 3.07. The van der Waals surface area contributed by atoms with E-state index in [1.54, 1.807) is 30.3 Å². The second kappa shape index (κ2) is 7.18.